The molecule has 3 heterocycles. The number of nitrogens with zero attached hydrogens (tertiary/aromatic N) is 3. The summed E-state index contributed by atoms with van der Waals surface area (Å²) < 4.78 is 7.26. The second-order valence-corrected chi connectivity index (χ2v) is 5.75. The van der Waals surface area contributed by atoms with Gasteiger partial charge >= 0.3 is 0 Å². The zero-order valence-corrected chi connectivity index (χ0v) is 14.2. The van der Waals surface area contributed by atoms with Crippen LogP contribution in [0.15, 0.2) is 16.8 Å². The molecule has 2 aromatic rings. The highest BCUT2D eigenvalue weighted by molar-refractivity contribution is 5.93. The fourth-order valence-electron chi connectivity index (χ4n) is 2.68. The molecule has 0 bridgehead atoms. The minimum Gasteiger partial charge on any atom is -0.440 e. The summed E-state index contributed by atoms with van der Waals surface area (Å²) in [5, 5.41) is 10.4. The van der Waals surface area contributed by atoms with Gasteiger partial charge in [-0.1, -0.05) is 0 Å². The minimum atomic E-state index is -0.179. The molecule has 1 aliphatic rings. The monoisotopic (exact) mass is 339 g/mol. The molecule has 1 fully saturated rings. The van der Waals surface area contributed by atoms with Crippen LogP contribution in [0.2, 0.25) is 0 Å². The highest BCUT2D eigenvalue weighted by Crippen LogP contribution is 2.21. The van der Waals surface area contributed by atoms with Crippen LogP contribution in [-0.2, 0) is 7.05 Å². The lowest BCUT2D eigenvalue weighted by Gasteiger charge is -2.22. The molecule has 0 aliphatic carbocycles. The van der Waals surface area contributed by atoms with E-state index >= 15 is 0 Å². The van der Waals surface area contributed by atoms with Gasteiger partial charge in [0.1, 0.15) is 5.76 Å². The van der Waals surface area contributed by atoms with Gasteiger partial charge in [-0.2, -0.15) is 5.10 Å². The predicted octanol–water partition coefficient (Wildman–Crippen LogP) is 1.53. The number of hydrogen-bond acceptors (Lipinski definition) is 5. The number of amides is 1. The van der Waals surface area contributed by atoms with Crippen LogP contribution in [0.3, 0.4) is 0 Å². The average Bonchev–Trinajstić information content (AvgIpc) is 3.12. The van der Waals surface area contributed by atoms with Gasteiger partial charge in [-0.25, -0.2) is 4.98 Å². The van der Waals surface area contributed by atoms with E-state index in [1.54, 1.807) is 24.0 Å². The zero-order valence-electron chi connectivity index (χ0n) is 13.3. The molecule has 3 rings (SSSR count). The second kappa shape index (κ2) is 7.61. The standard InChI is InChI=1S/C15H21N5O2.ClH/c1-10-13(14(21)17-7-11-4-3-5-16-6-11)19-15(22-10)12-8-18-20(2)9-12;/h8-9,11,16H,3-7H2,1-2H3,(H,17,21);1H. The van der Waals surface area contributed by atoms with Crippen molar-refractivity contribution in [3.8, 4) is 11.5 Å². The van der Waals surface area contributed by atoms with Crippen molar-refractivity contribution in [1.82, 2.24) is 25.4 Å². The van der Waals surface area contributed by atoms with Gasteiger partial charge in [-0.15, -0.1) is 12.4 Å². The Morgan fingerprint density at radius 1 is 1.57 bits per heavy atom. The van der Waals surface area contributed by atoms with Gasteiger partial charge in [0, 0.05) is 19.8 Å². The van der Waals surface area contributed by atoms with Crippen molar-refractivity contribution in [3.63, 3.8) is 0 Å². The molecule has 1 amide bonds. The first kappa shape index (κ1) is 17.5. The van der Waals surface area contributed by atoms with Gasteiger partial charge in [0.25, 0.3) is 5.91 Å². The summed E-state index contributed by atoms with van der Waals surface area (Å²) in [6.07, 6.45) is 5.78. The van der Waals surface area contributed by atoms with E-state index in [-0.39, 0.29) is 18.3 Å². The van der Waals surface area contributed by atoms with Crippen molar-refractivity contribution in [1.29, 1.82) is 0 Å². The lowest BCUT2D eigenvalue weighted by Crippen LogP contribution is -2.38. The molecule has 0 radical (unpaired) electrons. The van der Waals surface area contributed by atoms with Crippen LogP contribution in [0.5, 0.6) is 0 Å². The summed E-state index contributed by atoms with van der Waals surface area (Å²) in [5.41, 5.74) is 1.11. The van der Waals surface area contributed by atoms with Crippen molar-refractivity contribution in [2.45, 2.75) is 19.8 Å². The lowest BCUT2D eigenvalue weighted by molar-refractivity contribution is 0.0939. The minimum absolute atomic E-state index is 0. The summed E-state index contributed by atoms with van der Waals surface area (Å²) in [7, 11) is 1.82. The van der Waals surface area contributed by atoms with Gasteiger partial charge in [0.2, 0.25) is 5.89 Å². The molecule has 1 aliphatic heterocycles. The molecular formula is C15H22ClN5O2. The van der Waals surface area contributed by atoms with E-state index in [1.165, 1.54) is 0 Å². The van der Waals surface area contributed by atoms with Crippen LogP contribution in [-0.4, -0.2) is 40.3 Å². The summed E-state index contributed by atoms with van der Waals surface area (Å²) in [4.78, 5) is 16.6. The Balaban J connectivity index is 0.00000192. The first-order valence-electron chi connectivity index (χ1n) is 7.59. The fourth-order valence-corrected chi connectivity index (χ4v) is 2.68. The van der Waals surface area contributed by atoms with Gasteiger partial charge in [0.05, 0.1) is 11.8 Å². The zero-order chi connectivity index (χ0) is 15.5. The number of oxazole rings is 1. The number of aromatic nitrogens is 3. The Morgan fingerprint density at radius 2 is 2.39 bits per heavy atom. The van der Waals surface area contributed by atoms with E-state index in [1.807, 2.05) is 7.05 Å². The molecule has 7 nitrogen and oxygen atoms in total. The van der Waals surface area contributed by atoms with Crippen LogP contribution in [0, 0.1) is 12.8 Å². The molecule has 23 heavy (non-hydrogen) atoms. The first-order chi connectivity index (χ1) is 10.6. The molecule has 0 spiro atoms. The van der Waals surface area contributed by atoms with Crippen LogP contribution < -0.4 is 10.6 Å². The SMILES string of the molecule is Cc1oc(-c2cnn(C)c2)nc1C(=O)NCC1CCCNC1.Cl. The number of nitrogens with one attached hydrogen (secondary N) is 2. The van der Waals surface area contributed by atoms with Crippen molar-refractivity contribution >= 4 is 18.3 Å². The van der Waals surface area contributed by atoms with E-state index in [0.717, 1.165) is 31.5 Å². The summed E-state index contributed by atoms with van der Waals surface area (Å²) in [6.45, 7) is 4.45. The van der Waals surface area contributed by atoms with Crippen LogP contribution in [0.4, 0.5) is 0 Å². The number of piperidine rings is 1. The van der Waals surface area contributed by atoms with Crippen molar-refractivity contribution in [3.05, 3.63) is 23.8 Å². The molecule has 0 aromatic carbocycles. The third-order valence-electron chi connectivity index (χ3n) is 3.91. The Morgan fingerprint density at radius 3 is 3.04 bits per heavy atom. The van der Waals surface area contributed by atoms with Gasteiger partial charge in [0.15, 0.2) is 5.69 Å². The van der Waals surface area contributed by atoms with Gasteiger partial charge < -0.3 is 15.1 Å². The van der Waals surface area contributed by atoms with E-state index < -0.39 is 0 Å². The molecule has 0 saturated carbocycles. The molecule has 1 saturated heterocycles. The maximum absolute atomic E-state index is 12.3. The van der Waals surface area contributed by atoms with Crippen molar-refractivity contribution < 1.29 is 9.21 Å². The quantitative estimate of drug-likeness (QED) is 0.882. The summed E-state index contributed by atoms with van der Waals surface area (Å²) in [6, 6.07) is 0. The van der Waals surface area contributed by atoms with Crippen LogP contribution in [0.1, 0.15) is 29.1 Å². The Hall–Kier alpha value is -1.86. The topological polar surface area (TPSA) is 85.0 Å². The highest BCUT2D eigenvalue weighted by Gasteiger charge is 2.20. The lowest BCUT2D eigenvalue weighted by atomic mass is 10.00. The normalized spacial score (nSPS) is 17.6. The van der Waals surface area contributed by atoms with E-state index in [4.69, 9.17) is 4.42 Å². The number of carbonyl (C=O) groups excluding carboxylic acids is 1. The van der Waals surface area contributed by atoms with Gasteiger partial charge in [-0.05, 0) is 38.8 Å². The first-order valence-corrected chi connectivity index (χ1v) is 7.59. The van der Waals surface area contributed by atoms with Gasteiger partial charge in [-0.3, -0.25) is 9.48 Å². The Bertz CT molecular complexity index is 661. The maximum atomic E-state index is 12.3. The molecule has 1 atom stereocenters. The third kappa shape index (κ3) is 4.11. The van der Waals surface area contributed by atoms with Crippen molar-refractivity contribution in [2.75, 3.05) is 19.6 Å². The van der Waals surface area contributed by atoms with E-state index in [9.17, 15) is 4.79 Å². The van der Waals surface area contributed by atoms with Crippen LogP contribution in [0.25, 0.3) is 11.5 Å². The fraction of sp³-hybridized carbons (Fsp3) is 0.533. The Kier molecular flexibility index (Phi) is 5.79. The van der Waals surface area contributed by atoms with Crippen LogP contribution >= 0.6 is 12.4 Å². The number of aryl methyl sites for hydroxylation is 2. The molecule has 8 heteroatoms. The number of hydrogen-bond donors (Lipinski definition) is 2. The summed E-state index contributed by atoms with van der Waals surface area (Å²) in [5.74, 6) is 1.26. The molecule has 1 unspecified atom stereocenters. The molecule has 2 aromatic heterocycles. The molecule has 2 N–H and O–H groups in total. The smallest absolute Gasteiger partial charge is 0.273 e. The largest absolute Gasteiger partial charge is 0.440 e. The number of rotatable bonds is 4. The second-order valence-electron chi connectivity index (χ2n) is 5.75. The Labute approximate surface area is 141 Å². The highest BCUT2D eigenvalue weighted by atomic mass is 35.5. The predicted molar refractivity (Wildman–Crippen MR) is 88.6 cm³/mol. The molecular weight excluding hydrogens is 318 g/mol. The number of carbonyl (C=O) groups is 1. The van der Waals surface area contributed by atoms with Crippen molar-refractivity contribution in [2.24, 2.45) is 13.0 Å². The van der Waals surface area contributed by atoms with E-state index in [0.29, 0.717) is 29.8 Å². The third-order valence-corrected chi connectivity index (χ3v) is 3.91. The van der Waals surface area contributed by atoms with E-state index in [2.05, 4.69) is 20.7 Å². The maximum Gasteiger partial charge on any atom is 0.273 e. The molecule has 126 valence electrons. The number of halogens is 1. The average molecular weight is 340 g/mol. The summed E-state index contributed by atoms with van der Waals surface area (Å²) >= 11 is 0.